The smallest absolute Gasteiger partial charge is 0.396 e. The Labute approximate surface area is 468 Å². The quantitative estimate of drug-likeness (QED) is 0.0460. The van der Waals surface area contributed by atoms with Gasteiger partial charge < -0.3 is 10.2 Å². The number of hydrogen-bond acceptors (Lipinski definition) is 8. The van der Waals surface area contributed by atoms with Crippen molar-refractivity contribution >= 4 is 54.7 Å². The van der Waals surface area contributed by atoms with E-state index in [9.17, 15) is 9.59 Å². The molecular formula is C64H124O6S2Sn. The van der Waals surface area contributed by atoms with Crippen molar-refractivity contribution in [1.82, 2.24) is 0 Å². The monoisotopic (exact) mass is 1170 g/mol. The first-order chi connectivity index (χ1) is 36.0. The van der Waals surface area contributed by atoms with Crippen LogP contribution in [0.5, 0.6) is 0 Å². The van der Waals surface area contributed by atoms with Crippen molar-refractivity contribution in [2.24, 2.45) is 0 Å². The number of carbonyl (C=O) groups is 2. The van der Waals surface area contributed by atoms with Crippen molar-refractivity contribution in [3.05, 3.63) is 23.0 Å². The van der Waals surface area contributed by atoms with Crippen LogP contribution in [0, 0.1) is 0 Å². The van der Waals surface area contributed by atoms with E-state index in [1.165, 1.54) is 270 Å². The fourth-order valence-corrected chi connectivity index (χ4v) is 21.1. The first-order valence-electron chi connectivity index (χ1n) is 32.2. The Balaban J connectivity index is 5.04. The number of aliphatic hydroxyl groups is 2. The van der Waals surface area contributed by atoms with Crippen LogP contribution in [0.1, 0.15) is 335 Å². The number of unbranched alkanes of at least 4 members (excludes halogenated alkanes) is 46. The fourth-order valence-electron chi connectivity index (χ4n) is 10.1. The van der Waals surface area contributed by atoms with Gasteiger partial charge in [-0.3, -0.25) is 0 Å². The number of allylic oxidation sites excluding steroid dienone is 2. The van der Waals surface area contributed by atoms with Crippen LogP contribution >= 0.6 is 23.5 Å². The predicted octanol–water partition coefficient (Wildman–Crippen LogP) is 21.5. The summed E-state index contributed by atoms with van der Waals surface area (Å²) in [6.07, 6.45) is 67.8. The molecule has 0 amide bonds. The van der Waals surface area contributed by atoms with Gasteiger partial charge in [0.2, 0.25) is 0 Å². The van der Waals surface area contributed by atoms with Crippen LogP contribution in [0.25, 0.3) is 0 Å². The second-order valence-electron chi connectivity index (χ2n) is 22.0. The van der Waals surface area contributed by atoms with Crippen LogP contribution < -0.4 is 0 Å². The Bertz CT molecular complexity index is 1080. The SMILES string of the molecule is CCCCCCCCCCC[CH2][Sn]([CH2]CCCCCCCCCCC)([O]C(=O)CSC=CCCCCCCCCCCCCCCCCO)[O]C(=O)CSC=CCCCCCCCCCCCCCCCCO. The minimum absolute atomic E-state index is 0.180. The Hall–Kier alpha value is -0.161. The zero-order chi connectivity index (χ0) is 52.9. The third-order valence-corrected chi connectivity index (χ3v) is 26.1. The van der Waals surface area contributed by atoms with Crippen molar-refractivity contribution < 1.29 is 26.0 Å². The van der Waals surface area contributed by atoms with Gasteiger partial charge >= 0.3 is 333 Å². The molecule has 0 bridgehead atoms. The number of aliphatic hydroxyl groups excluding tert-OH is 2. The molecule has 0 saturated carbocycles. The molecule has 0 spiro atoms. The fraction of sp³-hybridized carbons (Fsp3) is 0.906. The van der Waals surface area contributed by atoms with E-state index < -0.39 is 19.2 Å². The molecule has 0 unspecified atom stereocenters. The number of carbonyl (C=O) groups excluding carboxylic acids is 2. The van der Waals surface area contributed by atoms with Crippen LogP contribution in [0.2, 0.25) is 8.87 Å². The van der Waals surface area contributed by atoms with E-state index in [1.54, 1.807) is 23.5 Å². The molecule has 73 heavy (non-hydrogen) atoms. The van der Waals surface area contributed by atoms with E-state index >= 15 is 0 Å². The van der Waals surface area contributed by atoms with Gasteiger partial charge in [-0.25, -0.2) is 0 Å². The Morgan fingerprint density at radius 1 is 0.329 bits per heavy atom. The van der Waals surface area contributed by atoms with Crippen LogP contribution in [0.4, 0.5) is 0 Å². The van der Waals surface area contributed by atoms with Gasteiger partial charge in [-0.05, 0) is 12.8 Å². The summed E-state index contributed by atoms with van der Waals surface area (Å²) >= 11 is -1.03. The minimum Gasteiger partial charge on any atom is -0.396 e. The molecular weight excluding hydrogens is 1050 g/mol. The van der Waals surface area contributed by atoms with E-state index in [1.807, 2.05) is 0 Å². The second-order valence-corrected chi connectivity index (χ2v) is 33.0. The van der Waals surface area contributed by atoms with Gasteiger partial charge in [0.05, 0.1) is 0 Å². The summed E-state index contributed by atoms with van der Waals surface area (Å²) in [4.78, 5) is 27.4. The second kappa shape index (κ2) is 62.7. The molecule has 6 nitrogen and oxygen atoms in total. The molecule has 0 atom stereocenters. The number of hydrogen-bond donors (Lipinski definition) is 2. The van der Waals surface area contributed by atoms with Gasteiger partial charge in [-0.1, -0.05) is 103 Å². The van der Waals surface area contributed by atoms with Gasteiger partial charge in [0.15, 0.2) is 0 Å². The summed E-state index contributed by atoms with van der Waals surface area (Å²) in [5, 5.41) is 22.0. The molecule has 0 aromatic heterocycles. The molecule has 0 saturated heterocycles. The summed E-state index contributed by atoms with van der Waals surface area (Å²) < 4.78 is 14.8. The molecule has 0 fully saturated rings. The van der Waals surface area contributed by atoms with Crippen molar-refractivity contribution in [2.75, 3.05) is 24.7 Å². The van der Waals surface area contributed by atoms with Crippen LogP contribution in [0.3, 0.4) is 0 Å². The zero-order valence-corrected chi connectivity index (χ0v) is 53.2. The number of thioether (sulfide) groups is 2. The van der Waals surface area contributed by atoms with E-state index in [0.29, 0.717) is 13.2 Å². The summed E-state index contributed by atoms with van der Waals surface area (Å²) in [6, 6.07) is 0. The van der Waals surface area contributed by atoms with Crippen molar-refractivity contribution in [3.8, 4) is 0 Å². The summed E-state index contributed by atoms with van der Waals surface area (Å²) in [5.41, 5.74) is 0. The summed E-state index contributed by atoms with van der Waals surface area (Å²) in [6.45, 7) is 5.24. The third-order valence-electron chi connectivity index (χ3n) is 14.8. The zero-order valence-electron chi connectivity index (χ0n) is 48.8. The molecule has 0 aromatic rings. The van der Waals surface area contributed by atoms with Crippen LogP contribution in [-0.4, -0.2) is 66.1 Å². The van der Waals surface area contributed by atoms with Crippen LogP contribution in [-0.2, 0) is 15.7 Å². The molecule has 0 aromatic carbocycles. The average molecular weight is 1170 g/mol. The van der Waals surface area contributed by atoms with Gasteiger partial charge in [0, 0.05) is 13.2 Å². The van der Waals surface area contributed by atoms with Gasteiger partial charge in [0.1, 0.15) is 0 Å². The first kappa shape index (κ1) is 72.8. The maximum atomic E-state index is 13.7. The molecule has 2 N–H and O–H groups in total. The summed E-state index contributed by atoms with van der Waals surface area (Å²) in [5.74, 6) is 0.218. The molecule has 0 radical (unpaired) electrons. The van der Waals surface area contributed by atoms with E-state index in [2.05, 4.69) is 36.8 Å². The third kappa shape index (κ3) is 57.8. The standard InChI is InChI=1S/2C20H38O3S.2C12H25.Sn/c2*21-17-15-13-11-9-7-5-3-1-2-4-6-8-10-12-14-16-18-24-19-20(22)23;2*1-3-5-7-9-11-12-10-8-6-4-2;/h2*16,18,21H,1-15,17,19H2,(H,22,23);2*1,3-12H2,2H3;/q;;;;+2/p-2. The Kier molecular flexibility index (Phi) is 62.5. The number of rotatable bonds is 62. The molecule has 432 valence electrons. The predicted molar refractivity (Wildman–Crippen MR) is 327 cm³/mol. The molecule has 0 heterocycles. The topological polar surface area (TPSA) is 93.1 Å². The van der Waals surface area contributed by atoms with E-state index in [4.69, 9.17) is 16.4 Å². The molecule has 0 aliphatic heterocycles. The van der Waals surface area contributed by atoms with Crippen molar-refractivity contribution in [2.45, 2.75) is 344 Å². The van der Waals surface area contributed by atoms with Gasteiger partial charge in [-0.2, -0.15) is 0 Å². The maximum absolute atomic E-state index is 13.7. The minimum atomic E-state index is -4.11. The van der Waals surface area contributed by atoms with Gasteiger partial charge in [0.25, 0.3) is 0 Å². The molecule has 9 heteroatoms. The van der Waals surface area contributed by atoms with E-state index in [0.717, 1.165) is 60.2 Å². The molecule has 0 rings (SSSR count). The summed E-state index contributed by atoms with van der Waals surface area (Å²) in [7, 11) is 0. The first-order valence-corrected chi connectivity index (χ1v) is 40.7. The molecule has 0 aliphatic carbocycles. The molecule has 0 aliphatic rings. The van der Waals surface area contributed by atoms with Gasteiger partial charge in [-0.15, -0.1) is 0 Å². The Morgan fingerprint density at radius 3 is 0.795 bits per heavy atom. The van der Waals surface area contributed by atoms with Crippen molar-refractivity contribution in [1.29, 1.82) is 0 Å². The van der Waals surface area contributed by atoms with Crippen molar-refractivity contribution in [3.63, 3.8) is 0 Å². The van der Waals surface area contributed by atoms with E-state index in [-0.39, 0.29) is 23.4 Å². The van der Waals surface area contributed by atoms with Crippen LogP contribution in [0.15, 0.2) is 23.0 Å². The normalized spacial score (nSPS) is 12.0. The average Bonchev–Trinajstić information content (AvgIpc) is 3.38. The Morgan fingerprint density at radius 2 is 0.548 bits per heavy atom.